The molecule has 0 unspecified atom stereocenters. The van der Waals surface area contributed by atoms with E-state index < -0.39 is 17.2 Å². The number of nitrogens with one attached hydrogen (secondary N) is 1. The summed E-state index contributed by atoms with van der Waals surface area (Å²) < 4.78 is 11.2. The molecule has 2 aliphatic rings. The summed E-state index contributed by atoms with van der Waals surface area (Å²) in [6, 6.07) is 1.74. The number of nitrogens with zero attached hydrogens (tertiary/aromatic N) is 3. The topological polar surface area (TPSA) is 123 Å². The van der Waals surface area contributed by atoms with Gasteiger partial charge in [-0.15, -0.1) is 0 Å². The zero-order valence-corrected chi connectivity index (χ0v) is 15.5. The van der Waals surface area contributed by atoms with Crippen LogP contribution in [-0.2, 0) is 9.53 Å². The molecule has 3 rings (SSSR count). The molecule has 1 spiro atoms. The molecule has 2 fully saturated rings. The van der Waals surface area contributed by atoms with Crippen molar-refractivity contribution in [2.75, 3.05) is 37.4 Å². The van der Waals surface area contributed by atoms with Gasteiger partial charge < -0.3 is 30.5 Å². The van der Waals surface area contributed by atoms with Crippen molar-refractivity contribution >= 4 is 17.7 Å². The molecule has 2 saturated heterocycles. The molecule has 144 valence electrons. The first-order valence-electron chi connectivity index (χ1n) is 8.82. The molecule has 9 heteroatoms. The van der Waals surface area contributed by atoms with Crippen LogP contribution in [0.2, 0.25) is 0 Å². The molecular weight excluding hydrogens is 338 g/mol. The molecule has 4 N–H and O–H groups in total. The lowest BCUT2D eigenvalue weighted by atomic mass is 9.73. The van der Waals surface area contributed by atoms with E-state index in [9.17, 15) is 9.90 Å². The molecule has 26 heavy (non-hydrogen) atoms. The Morgan fingerprint density at radius 1 is 1.42 bits per heavy atom. The standard InChI is InChI=1S/C17H27N5O4/c1-11(23)21-16(2)6-9-26-17(14(16)24)4-7-22(8-5-17)12-10-13(25-3)20-15(18)19-12/h10,14,24H,4-9H2,1-3H3,(H,21,23)(H2,18,19,20)/t14-,16+/m1/s1. The van der Waals surface area contributed by atoms with E-state index in [0.717, 1.165) is 0 Å². The number of nitrogens with two attached hydrogens (primary N) is 1. The van der Waals surface area contributed by atoms with Crippen molar-refractivity contribution in [2.24, 2.45) is 0 Å². The molecule has 0 radical (unpaired) electrons. The number of anilines is 2. The zero-order chi connectivity index (χ0) is 18.9. The van der Waals surface area contributed by atoms with Crippen molar-refractivity contribution in [1.82, 2.24) is 15.3 Å². The van der Waals surface area contributed by atoms with Gasteiger partial charge >= 0.3 is 0 Å². The van der Waals surface area contributed by atoms with Crippen molar-refractivity contribution in [3.05, 3.63) is 6.07 Å². The van der Waals surface area contributed by atoms with Gasteiger partial charge in [-0.2, -0.15) is 9.97 Å². The number of rotatable bonds is 3. The van der Waals surface area contributed by atoms with Crippen LogP contribution < -0.4 is 20.7 Å². The number of ether oxygens (including phenoxy) is 2. The number of aliphatic hydroxyl groups excluding tert-OH is 1. The molecular formula is C17H27N5O4. The highest BCUT2D eigenvalue weighted by atomic mass is 16.5. The number of nitrogen functional groups attached to an aromatic ring is 1. The molecule has 1 aromatic heterocycles. The maximum atomic E-state index is 11.6. The SMILES string of the molecule is COc1cc(N2CCC3(CC2)OCC[C@](C)(NC(C)=O)[C@H]3O)nc(N)n1. The average molecular weight is 365 g/mol. The van der Waals surface area contributed by atoms with Crippen LogP contribution >= 0.6 is 0 Å². The second-order valence-electron chi connectivity index (χ2n) is 7.28. The van der Waals surface area contributed by atoms with E-state index in [-0.39, 0.29) is 11.9 Å². The number of amides is 1. The first kappa shape index (κ1) is 18.7. The van der Waals surface area contributed by atoms with Crippen molar-refractivity contribution < 1.29 is 19.4 Å². The third kappa shape index (κ3) is 3.41. The fraction of sp³-hybridized carbons (Fsp3) is 0.706. The Bertz CT molecular complexity index is 677. The minimum atomic E-state index is -0.778. The van der Waals surface area contributed by atoms with Crippen LogP contribution in [0, 0.1) is 0 Å². The maximum Gasteiger partial charge on any atom is 0.225 e. The number of aliphatic hydroxyl groups is 1. The van der Waals surface area contributed by atoms with E-state index >= 15 is 0 Å². The molecule has 0 aliphatic carbocycles. The van der Waals surface area contributed by atoms with Gasteiger partial charge in [-0.05, 0) is 26.2 Å². The Morgan fingerprint density at radius 2 is 2.12 bits per heavy atom. The quantitative estimate of drug-likeness (QED) is 0.688. The molecule has 0 saturated carbocycles. The number of hydrogen-bond acceptors (Lipinski definition) is 8. The normalized spacial score (nSPS) is 28.0. The van der Waals surface area contributed by atoms with Gasteiger partial charge in [-0.3, -0.25) is 4.79 Å². The van der Waals surface area contributed by atoms with Gasteiger partial charge in [0.25, 0.3) is 0 Å². The minimum absolute atomic E-state index is 0.149. The second kappa shape index (κ2) is 6.88. The summed E-state index contributed by atoms with van der Waals surface area (Å²) in [4.78, 5) is 21.9. The zero-order valence-electron chi connectivity index (χ0n) is 15.5. The number of carbonyl (C=O) groups is 1. The van der Waals surface area contributed by atoms with E-state index in [4.69, 9.17) is 15.2 Å². The lowest BCUT2D eigenvalue weighted by Gasteiger charge is -2.53. The third-order valence-corrected chi connectivity index (χ3v) is 5.42. The first-order valence-corrected chi connectivity index (χ1v) is 8.82. The molecule has 9 nitrogen and oxygen atoms in total. The second-order valence-corrected chi connectivity index (χ2v) is 7.28. The Kier molecular flexibility index (Phi) is 4.94. The summed E-state index contributed by atoms with van der Waals surface area (Å²) >= 11 is 0. The van der Waals surface area contributed by atoms with Crippen LogP contribution in [-0.4, -0.2) is 65.0 Å². The number of carbonyl (C=O) groups excluding carboxylic acids is 1. The van der Waals surface area contributed by atoms with Gasteiger partial charge in [0.05, 0.1) is 18.2 Å². The Hall–Kier alpha value is -2.13. The van der Waals surface area contributed by atoms with Gasteiger partial charge in [0, 0.05) is 32.7 Å². The molecule has 2 aliphatic heterocycles. The fourth-order valence-corrected chi connectivity index (χ4v) is 4.02. The minimum Gasteiger partial charge on any atom is -0.481 e. The molecule has 2 atom stereocenters. The Labute approximate surface area is 152 Å². The Morgan fingerprint density at radius 3 is 2.73 bits per heavy atom. The third-order valence-electron chi connectivity index (χ3n) is 5.42. The largest absolute Gasteiger partial charge is 0.481 e. The summed E-state index contributed by atoms with van der Waals surface area (Å²) in [5.41, 5.74) is 4.39. The van der Waals surface area contributed by atoms with Crippen molar-refractivity contribution in [1.29, 1.82) is 0 Å². The fourth-order valence-electron chi connectivity index (χ4n) is 4.02. The predicted octanol–water partition coefficient (Wildman–Crippen LogP) is 0.0824. The summed E-state index contributed by atoms with van der Waals surface area (Å²) in [5, 5.41) is 13.9. The molecule has 0 aromatic carbocycles. The predicted molar refractivity (Wildman–Crippen MR) is 96.0 cm³/mol. The lowest BCUT2D eigenvalue weighted by Crippen LogP contribution is -2.69. The van der Waals surface area contributed by atoms with Gasteiger partial charge in [0.2, 0.25) is 17.7 Å². The van der Waals surface area contributed by atoms with Crippen LogP contribution in [0.15, 0.2) is 6.07 Å². The van der Waals surface area contributed by atoms with Gasteiger partial charge in [-0.1, -0.05) is 0 Å². The van der Waals surface area contributed by atoms with Gasteiger partial charge in [-0.25, -0.2) is 0 Å². The van der Waals surface area contributed by atoms with Crippen molar-refractivity contribution in [3.8, 4) is 5.88 Å². The van der Waals surface area contributed by atoms with Gasteiger partial charge in [0.1, 0.15) is 11.9 Å². The number of hydrogen-bond donors (Lipinski definition) is 3. The van der Waals surface area contributed by atoms with E-state index in [1.807, 2.05) is 6.92 Å². The van der Waals surface area contributed by atoms with E-state index in [1.54, 1.807) is 6.07 Å². The lowest BCUT2D eigenvalue weighted by molar-refractivity contribution is -0.198. The highest BCUT2D eigenvalue weighted by molar-refractivity contribution is 5.74. The first-order chi connectivity index (χ1) is 12.3. The maximum absolute atomic E-state index is 11.6. The molecule has 1 aromatic rings. The highest BCUT2D eigenvalue weighted by Gasteiger charge is 2.53. The van der Waals surface area contributed by atoms with E-state index in [2.05, 4.69) is 20.2 Å². The number of aromatic nitrogens is 2. The van der Waals surface area contributed by atoms with Crippen LogP contribution in [0.25, 0.3) is 0 Å². The molecule has 0 bridgehead atoms. The number of piperidine rings is 1. The summed E-state index contributed by atoms with van der Waals surface area (Å²) in [7, 11) is 1.53. The summed E-state index contributed by atoms with van der Waals surface area (Å²) in [5.74, 6) is 1.12. The Balaban J connectivity index is 1.74. The van der Waals surface area contributed by atoms with Crippen molar-refractivity contribution in [3.63, 3.8) is 0 Å². The average Bonchev–Trinajstić information content (AvgIpc) is 2.59. The summed E-state index contributed by atoms with van der Waals surface area (Å²) in [6.45, 7) is 5.14. The highest BCUT2D eigenvalue weighted by Crippen LogP contribution is 2.40. The summed E-state index contributed by atoms with van der Waals surface area (Å²) in [6.07, 6.45) is 1.05. The molecule has 3 heterocycles. The smallest absolute Gasteiger partial charge is 0.225 e. The van der Waals surface area contributed by atoms with E-state index in [0.29, 0.717) is 50.7 Å². The monoisotopic (exact) mass is 365 g/mol. The van der Waals surface area contributed by atoms with Gasteiger partial charge in [0.15, 0.2) is 0 Å². The van der Waals surface area contributed by atoms with Crippen LogP contribution in [0.4, 0.5) is 11.8 Å². The van der Waals surface area contributed by atoms with E-state index in [1.165, 1.54) is 14.0 Å². The van der Waals surface area contributed by atoms with Crippen molar-refractivity contribution in [2.45, 2.75) is 50.4 Å². The van der Waals surface area contributed by atoms with Crippen LogP contribution in [0.3, 0.4) is 0 Å². The molecule has 1 amide bonds. The number of methoxy groups -OCH3 is 1. The van der Waals surface area contributed by atoms with Crippen LogP contribution in [0.5, 0.6) is 5.88 Å². The van der Waals surface area contributed by atoms with Crippen LogP contribution in [0.1, 0.15) is 33.1 Å².